The largest absolute Gasteiger partial charge is 0.480 e. The van der Waals surface area contributed by atoms with Crippen LogP contribution in [0.1, 0.15) is 12.8 Å². The van der Waals surface area contributed by atoms with E-state index in [1.54, 1.807) is 6.08 Å². The zero-order chi connectivity index (χ0) is 7.84. The zero-order valence-electron chi connectivity index (χ0n) is 6.23. The summed E-state index contributed by atoms with van der Waals surface area (Å²) < 4.78 is 0. The van der Waals surface area contributed by atoms with Crippen LogP contribution in [0.5, 0.6) is 0 Å². The van der Waals surface area contributed by atoms with Crippen LogP contribution in [0.2, 0.25) is 0 Å². The second-order valence-electron chi connectivity index (χ2n) is 3.13. The summed E-state index contributed by atoms with van der Waals surface area (Å²) in [7, 11) is 0. The first-order valence-corrected chi connectivity index (χ1v) is 3.94. The van der Waals surface area contributed by atoms with E-state index in [2.05, 4.69) is 0 Å². The summed E-state index contributed by atoms with van der Waals surface area (Å²) in [5, 5.41) is 8.77. The molecule has 0 saturated carbocycles. The maximum atomic E-state index is 10.7. The van der Waals surface area contributed by atoms with E-state index >= 15 is 0 Å². The molecule has 0 amide bonds. The van der Waals surface area contributed by atoms with Gasteiger partial charge in [-0.25, -0.2) is 0 Å². The van der Waals surface area contributed by atoms with Crippen molar-refractivity contribution < 1.29 is 9.90 Å². The molecule has 3 nitrogen and oxygen atoms in total. The Kier molecular flexibility index (Phi) is 1.46. The molecule has 0 aliphatic carbocycles. The number of fused-ring (bicyclic) bond motifs is 1. The Labute approximate surface area is 65.3 Å². The van der Waals surface area contributed by atoms with Gasteiger partial charge < -0.3 is 5.11 Å². The number of carboxylic acid groups (broad SMARTS) is 1. The van der Waals surface area contributed by atoms with Crippen LogP contribution in [0.15, 0.2) is 12.2 Å². The van der Waals surface area contributed by atoms with Gasteiger partial charge in [0, 0.05) is 12.6 Å². The van der Waals surface area contributed by atoms with Gasteiger partial charge in [-0.05, 0) is 12.8 Å². The fourth-order valence-electron chi connectivity index (χ4n) is 1.78. The predicted octanol–water partition coefficient (Wildman–Crippen LogP) is 0.474. The lowest BCUT2D eigenvalue weighted by atomic mass is 9.92. The lowest BCUT2D eigenvalue weighted by Gasteiger charge is -2.45. The molecule has 0 bridgehead atoms. The lowest BCUT2D eigenvalue weighted by molar-refractivity contribution is -0.144. The summed E-state index contributed by atoms with van der Waals surface area (Å²) in [5.74, 6) is -0.717. The highest BCUT2D eigenvalue weighted by molar-refractivity contribution is 5.76. The summed E-state index contributed by atoms with van der Waals surface area (Å²) in [6.45, 7) is 0.950. The van der Waals surface area contributed by atoms with Crippen molar-refractivity contribution in [3.05, 3.63) is 12.2 Å². The number of aliphatic carboxylic acids is 1. The van der Waals surface area contributed by atoms with Crippen LogP contribution >= 0.6 is 0 Å². The first-order chi connectivity index (χ1) is 5.29. The minimum atomic E-state index is -0.717. The van der Waals surface area contributed by atoms with Crippen molar-refractivity contribution in [1.82, 2.24) is 4.90 Å². The van der Waals surface area contributed by atoms with E-state index in [1.807, 2.05) is 11.0 Å². The Hall–Kier alpha value is -0.830. The molecule has 2 heterocycles. The van der Waals surface area contributed by atoms with Gasteiger partial charge in [-0.15, -0.1) is 0 Å². The molecule has 0 spiro atoms. The van der Waals surface area contributed by atoms with Crippen LogP contribution in [0.25, 0.3) is 0 Å². The molecular weight excluding hydrogens is 142 g/mol. The van der Waals surface area contributed by atoms with Gasteiger partial charge in [0.05, 0.1) is 0 Å². The van der Waals surface area contributed by atoms with Crippen LogP contribution < -0.4 is 0 Å². The smallest absolute Gasteiger partial charge is 0.324 e. The summed E-state index contributed by atoms with van der Waals surface area (Å²) in [6, 6.07) is 0.170. The van der Waals surface area contributed by atoms with E-state index in [0.717, 1.165) is 19.4 Å². The second-order valence-corrected chi connectivity index (χ2v) is 3.13. The molecule has 0 radical (unpaired) electrons. The van der Waals surface area contributed by atoms with Crippen LogP contribution in [-0.2, 0) is 4.79 Å². The van der Waals surface area contributed by atoms with Gasteiger partial charge in [-0.3, -0.25) is 9.69 Å². The highest BCUT2D eigenvalue weighted by Crippen LogP contribution is 2.27. The number of carboxylic acids is 1. The van der Waals surface area contributed by atoms with E-state index < -0.39 is 5.97 Å². The number of rotatable bonds is 1. The van der Waals surface area contributed by atoms with E-state index in [-0.39, 0.29) is 6.04 Å². The Balaban J connectivity index is 2.14. The van der Waals surface area contributed by atoms with Gasteiger partial charge >= 0.3 is 5.97 Å². The molecule has 3 heteroatoms. The van der Waals surface area contributed by atoms with E-state index in [4.69, 9.17) is 5.11 Å². The predicted molar refractivity (Wildman–Crippen MR) is 40.3 cm³/mol. The molecule has 11 heavy (non-hydrogen) atoms. The van der Waals surface area contributed by atoms with Crippen LogP contribution in [0, 0.1) is 0 Å². The Morgan fingerprint density at radius 2 is 2.45 bits per heavy atom. The topological polar surface area (TPSA) is 40.5 Å². The molecule has 0 aromatic rings. The fourth-order valence-corrected chi connectivity index (χ4v) is 1.78. The van der Waals surface area contributed by atoms with E-state index in [1.165, 1.54) is 0 Å². The number of carbonyl (C=O) groups is 1. The maximum absolute atomic E-state index is 10.7. The quantitative estimate of drug-likeness (QED) is 0.557. The van der Waals surface area contributed by atoms with Gasteiger partial charge in [-0.2, -0.15) is 0 Å². The number of hydrogen-bond donors (Lipinski definition) is 1. The SMILES string of the molecule is O=C(O)C1C=CCC2CCN21. The number of hydrogen-bond acceptors (Lipinski definition) is 2. The van der Waals surface area contributed by atoms with Gasteiger partial charge in [0.2, 0.25) is 0 Å². The van der Waals surface area contributed by atoms with Crippen LogP contribution in [0.3, 0.4) is 0 Å². The highest BCUT2D eigenvalue weighted by atomic mass is 16.4. The summed E-state index contributed by atoms with van der Waals surface area (Å²) in [4.78, 5) is 12.7. The maximum Gasteiger partial charge on any atom is 0.324 e. The number of nitrogens with zero attached hydrogens (tertiary/aromatic N) is 1. The molecule has 60 valence electrons. The standard InChI is InChI=1S/C8H11NO2/c10-8(11)7-3-1-2-6-4-5-9(6)7/h1,3,6-7H,2,4-5H2,(H,10,11). The highest BCUT2D eigenvalue weighted by Gasteiger charge is 2.37. The van der Waals surface area contributed by atoms with Gasteiger partial charge in [0.15, 0.2) is 0 Å². The minimum Gasteiger partial charge on any atom is -0.480 e. The molecule has 1 fully saturated rings. The molecule has 0 aromatic heterocycles. The second kappa shape index (κ2) is 2.34. The Morgan fingerprint density at radius 3 is 2.91 bits per heavy atom. The van der Waals surface area contributed by atoms with Crippen molar-refractivity contribution in [2.24, 2.45) is 0 Å². The average Bonchev–Trinajstić information content (AvgIpc) is 1.90. The molecule has 0 aromatic carbocycles. The van der Waals surface area contributed by atoms with Gasteiger partial charge in [0.25, 0.3) is 0 Å². The van der Waals surface area contributed by atoms with Crippen molar-refractivity contribution in [2.75, 3.05) is 6.54 Å². The van der Waals surface area contributed by atoms with E-state index in [9.17, 15) is 4.79 Å². The van der Waals surface area contributed by atoms with Gasteiger partial charge in [-0.1, -0.05) is 12.2 Å². The van der Waals surface area contributed by atoms with E-state index in [0.29, 0.717) is 6.04 Å². The fraction of sp³-hybridized carbons (Fsp3) is 0.625. The van der Waals surface area contributed by atoms with Crippen molar-refractivity contribution in [1.29, 1.82) is 0 Å². The molecule has 1 saturated heterocycles. The zero-order valence-corrected chi connectivity index (χ0v) is 6.23. The van der Waals surface area contributed by atoms with Crippen molar-refractivity contribution in [3.63, 3.8) is 0 Å². The average molecular weight is 153 g/mol. The van der Waals surface area contributed by atoms with Crippen molar-refractivity contribution in [2.45, 2.75) is 24.9 Å². The first-order valence-electron chi connectivity index (χ1n) is 3.94. The molecule has 2 atom stereocenters. The molecule has 1 N–H and O–H groups in total. The molecule has 2 aliphatic heterocycles. The lowest BCUT2D eigenvalue weighted by Crippen LogP contribution is -2.56. The normalized spacial score (nSPS) is 36.0. The first kappa shape index (κ1) is 6.85. The summed E-state index contributed by atoms with van der Waals surface area (Å²) in [6.07, 6.45) is 5.97. The van der Waals surface area contributed by atoms with Crippen LogP contribution in [-0.4, -0.2) is 34.6 Å². The monoisotopic (exact) mass is 153 g/mol. The third-order valence-electron chi connectivity index (χ3n) is 2.53. The molecule has 2 aliphatic rings. The summed E-state index contributed by atoms with van der Waals surface area (Å²) in [5.41, 5.74) is 0. The molecular formula is C8H11NO2. The molecule has 2 rings (SSSR count). The third kappa shape index (κ3) is 0.959. The minimum absolute atomic E-state index is 0.345. The molecule has 2 unspecified atom stereocenters. The van der Waals surface area contributed by atoms with Crippen molar-refractivity contribution >= 4 is 5.97 Å². The Bertz CT molecular complexity index is 212. The van der Waals surface area contributed by atoms with Gasteiger partial charge in [0.1, 0.15) is 6.04 Å². The van der Waals surface area contributed by atoms with Crippen molar-refractivity contribution in [3.8, 4) is 0 Å². The Morgan fingerprint density at radius 1 is 1.64 bits per heavy atom. The third-order valence-corrected chi connectivity index (χ3v) is 2.53. The van der Waals surface area contributed by atoms with Crippen LogP contribution in [0.4, 0.5) is 0 Å². The summed E-state index contributed by atoms with van der Waals surface area (Å²) >= 11 is 0.